The van der Waals surface area contributed by atoms with Gasteiger partial charge in [-0.25, -0.2) is 4.79 Å². The average molecular weight is 386 g/mol. The highest BCUT2D eigenvalue weighted by Gasteiger charge is 2.38. The molecule has 0 aromatic carbocycles. The molecule has 0 radical (unpaired) electrons. The van der Waals surface area contributed by atoms with Gasteiger partial charge in [-0.1, -0.05) is 20.3 Å². The first-order valence-electron chi connectivity index (χ1n) is 9.14. The number of aliphatic carboxylic acids is 1. The summed E-state index contributed by atoms with van der Waals surface area (Å²) in [4.78, 5) is 49.5. The first-order chi connectivity index (χ1) is 12.6. The third-order valence-corrected chi connectivity index (χ3v) is 4.93. The number of hydrogen-bond donors (Lipinski definition) is 5. The van der Waals surface area contributed by atoms with Crippen LogP contribution in [0.25, 0.3) is 0 Å². The maximum Gasteiger partial charge on any atom is 0.328 e. The van der Waals surface area contributed by atoms with Crippen molar-refractivity contribution >= 4 is 23.7 Å². The van der Waals surface area contributed by atoms with E-state index < -0.39 is 48.6 Å². The summed E-state index contributed by atoms with van der Waals surface area (Å²) in [6.45, 7) is 4.87. The molecular weight excluding hydrogens is 356 g/mol. The molecule has 0 bridgehead atoms. The number of aliphatic hydroxyl groups excluding tert-OH is 1. The summed E-state index contributed by atoms with van der Waals surface area (Å²) >= 11 is 0. The molecule has 154 valence electrons. The molecule has 0 saturated carbocycles. The molecule has 10 nitrogen and oxygen atoms in total. The van der Waals surface area contributed by atoms with Crippen LogP contribution in [0.2, 0.25) is 0 Å². The molecule has 1 rings (SSSR count). The fraction of sp³-hybridized carbons (Fsp3) is 0.765. The number of nitrogens with two attached hydrogens (primary N) is 1. The van der Waals surface area contributed by atoms with E-state index in [1.165, 1.54) is 11.8 Å². The zero-order valence-corrected chi connectivity index (χ0v) is 16.0. The molecule has 6 N–H and O–H groups in total. The van der Waals surface area contributed by atoms with Gasteiger partial charge in [-0.05, 0) is 25.7 Å². The minimum Gasteiger partial charge on any atom is -0.480 e. The Labute approximate surface area is 158 Å². The summed E-state index contributed by atoms with van der Waals surface area (Å²) in [7, 11) is 0. The van der Waals surface area contributed by atoms with Gasteiger partial charge < -0.3 is 31.5 Å². The smallest absolute Gasteiger partial charge is 0.328 e. The van der Waals surface area contributed by atoms with Gasteiger partial charge in [0, 0.05) is 6.54 Å². The van der Waals surface area contributed by atoms with E-state index in [2.05, 4.69) is 10.6 Å². The Bertz CT molecular complexity index is 570. The third-order valence-electron chi connectivity index (χ3n) is 4.93. The van der Waals surface area contributed by atoms with Crippen molar-refractivity contribution in [2.75, 3.05) is 13.2 Å². The van der Waals surface area contributed by atoms with Gasteiger partial charge in [-0.15, -0.1) is 0 Å². The number of nitrogens with one attached hydrogen (secondary N) is 2. The zero-order chi connectivity index (χ0) is 20.7. The Hall–Kier alpha value is -2.20. The van der Waals surface area contributed by atoms with Crippen LogP contribution in [-0.2, 0) is 19.2 Å². The van der Waals surface area contributed by atoms with Gasteiger partial charge >= 0.3 is 5.97 Å². The fourth-order valence-electron chi connectivity index (χ4n) is 2.85. The Balaban J connectivity index is 2.70. The van der Waals surface area contributed by atoms with Crippen LogP contribution >= 0.6 is 0 Å². The summed E-state index contributed by atoms with van der Waals surface area (Å²) in [6.07, 6.45) is 1.86. The number of nitrogens with zero attached hydrogens (tertiary/aromatic N) is 1. The number of carboxylic acids is 1. The van der Waals surface area contributed by atoms with Gasteiger partial charge in [0.2, 0.25) is 17.7 Å². The van der Waals surface area contributed by atoms with Crippen LogP contribution in [-0.4, -0.2) is 76.1 Å². The standard InChI is InChI=1S/C17H30N4O6/c1-4-9(2)13(18)16(25)21-7-5-6-12(21)15(24)19-10(3)14(23)20-11(8-22)17(26)27/h9-13,22H,4-8,18H2,1-3H3,(H,19,24)(H,20,23)(H,26,27). The Morgan fingerprint density at radius 1 is 1.22 bits per heavy atom. The van der Waals surface area contributed by atoms with Crippen LogP contribution in [0.4, 0.5) is 0 Å². The molecular formula is C17H30N4O6. The number of carbonyl (C=O) groups excluding carboxylic acids is 3. The normalized spacial score (nSPS) is 21.1. The molecule has 10 heteroatoms. The summed E-state index contributed by atoms with van der Waals surface area (Å²) < 4.78 is 0. The number of carboxylic acid groups (broad SMARTS) is 1. The molecule has 1 fully saturated rings. The van der Waals surface area contributed by atoms with Crippen molar-refractivity contribution in [1.82, 2.24) is 15.5 Å². The van der Waals surface area contributed by atoms with Crippen molar-refractivity contribution in [2.24, 2.45) is 11.7 Å². The first-order valence-corrected chi connectivity index (χ1v) is 9.14. The van der Waals surface area contributed by atoms with Gasteiger partial charge in [0.1, 0.15) is 18.1 Å². The van der Waals surface area contributed by atoms with Crippen molar-refractivity contribution in [3.8, 4) is 0 Å². The number of carbonyl (C=O) groups is 4. The number of likely N-dealkylation sites (tertiary alicyclic amines) is 1. The zero-order valence-electron chi connectivity index (χ0n) is 16.0. The molecule has 1 aliphatic rings. The van der Waals surface area contributed by atoms with E-state index in [1.54, 1.807) is 0 Å². The quantitative estimate of drug-likeness (QED) is 0.319. The van der Waals surface area contributed by atoms with E-state index in [1.807, 2.05) is 13.8 Å². The lowest BCUT2D eigenvalue weighted by atomic mass is 9.98. The summed E-state index contributed by atoms with van der Waals surface area (Å²) in [5.41, 5.74) is 6.00. The van der Waals surface area contributed by atoms with Crippen LogP contribution in [0.5, 0.6) is 0 Å². The summed E-state index contributed by atoms with van der Waals surface area (Å²) in [6, 6.07) is -3.87. The first kappa shape index (κ1) is 22.8. The highest BCUT2D eigenvalue weighted by atomic mass is 16.4. The SMILES string of the molecule is CCC(C)C(N)C(=O)N1CCCC1C(=O)NC(C)C(=O)NC(CO)C(=O)O. The van der Waals surface area contributed by atoms with Crippen molar-refractivity contribution in [1.29, 1.82) is 0 Å². The van der Waals surface area contributed by atoms with Crippen LogP contribution < -0.4 is 16.4 Å². The van der Waals surface area contributed by atoms with Gasteiger partial charge in [0.25, 0.3) is 0 Å². The van der Waals surface area contributed by atoms with Crippen molar-refractivity contribution < 1.29 is 29.4 Å². The molecule has 3 amide bonds. The summed E-state index contributed by atoms with van der Waals surface area (Å²) in [5, 5.41) is 22.4. The molecule has 1 aliphatic heterocycles. The van der Waals surface area contributed by atoms with Gasteiger partial charge in [0.05, 0.1) is 12.6 Å². The lowest BCUT2D eigenvalue weighted by molar-refractivity contribution is -0.144. The number of hydrogen-bond acceptors (Lipinski definition) is 6. The molecule has 1 heterocycles. The van der Waals surface area contributed by atoms with Crippen molar-refractivity contribution in [3.63, 3.8) is 0 Å². The van der Waals surface area contributed by atoms with E-state index in [-0.39, 0.29) is 11.8 Å². The minimum absolute atomic E-state index is 0.0158. The van der Waals surface area contributed by atoms with Crippen LogP contribution in [0, 0.1) is 5.92 Å². The van der Waals surface area contributed by atoms with E-state index in [0.29, 0.717) is 19.4 Å². The van der Waals surface area contributed by atoms with Crippen LogP contribution in [0.1, 0.15) is 40.0 Å². The fourth-order valence-corrected chi connectivity index (χ4v) is 2.85. The predicted molar refractivity (Wildman–Crippen MR) is 96.4 cm³/mol. The number of aliphatic hydroxyl groups is 1. The van der Waals surface area contributed by atoms with Crippen LogP contribution in [0.15, 0.2) is 0 Å². The topological polar surface area (TPSA) is 162 Å². The number of rotatable bonds is 9. The van der Waals surface area contributed by atoms with Crippen molar-refractivity contribution in [2.45, 2.75) is 64.2 Å². The molecule has 0 aromatic heterocycles. The lowest BCUT2D eigenvalue weighted by Gasteiger charge is -2.29. The second-order valence-electron chi connectivity index (χ2n) is 6.91. The van der Waals surface area contributed by atoms with Crippen LogP contribution in [0.3, 0.4) is 0 Å². The van der Waals surface area contributed by atoms with E-state index in [0.717, 1.165) is 6.42 Å². The van der Waals surface area contributed by atoms with Gasteiger partial charge in [-0.3, -0.25) is 14.4 Å². The second-order valence-corrected chi connectivity index (χ2v) is 6.91. The molecule has 1 saturated heterocycles. The molecule has 5 unspecified atom stereocenters. The molecule has 5 atom stereocenters. The van der Waals surface area contributed by atoms with E-state index in [4.69, 9.17) is 15.9 Å². The monoisotopic (exact) mass is 386 g/mol. The van der Waals surface area contributed by atoms with E-state index >= 15 is 0 Å². The average Bonchev–Trinajstić information content (AvgIpc) is 3.13. The maximum atomic E-state index is 12.6. The summed E-state index contributed by atoms with van der Waals surface area (Å²) in [5.74, 6) is -2.91. The minimum atomic E-state index is -1.45. The largest absolute Gasteiger partial charge is 0.480 e. The predicted octanol–water partition coefficient (Wildman–Crippen LogP) is -1.58. The highest BCUT2D eigenvalue weighted by Crippen LogP contribution is 2.20. The van der Waals surface area contributed by atoms with Crippen molar-refractivity contribution in [3.05, 3.63) is 0 Å². The Morgan fingerprint density at radius 2 is 1.85 bits per heavy atom. The van der Waals surface area contributed by atoms with Gasteiger partial charge in [0.15, 0.2) is 0 Å². The van der Waals surface area contributed by atoms with Gasteiger partial charge in [-0.2, -0.15) is 0 Å². The Kier molecular flexibility index (Phi) is 8.64. The van der Waals surface area contributed by atoms with E-state index in [9.17, 15) is 19.2 Å². The highest BCUT2D eigenvalue weighted by molar-refractivity contribution is 5.94. The second kappa shape index (κ2) is 10.2. The molecule has 0 spiro atoms. The Morgan fingerprint density at radius 3 is 2.37 bits per heavy atom. The molecule has 27 heavy (non-hydrogen) atoms. The third kappa shape index (κ3) is 5.90. The lowest BCUT2D eigenvalue weighted by Crippen LogP contribution is -2.56. The number of amides is 3. The molecule has 0 aliphatic carbocycles. The maximum absolute atomic E-state index is 12.6. The molecule has 0 aromatic rings.